The Morgan fingerprint density at radius 3 is 3.05 bits per heavy atom. The van der Waals surface area contributed by atoms with Gasteiger partial charge in [-0.1, -0.05) is 0 Å². The summed E-state index contributed by atoms with van der Waals surface area (Å²) in [6.45, 7) is 0.249. The fraction of sp³-hybridized carbons (Fsp3) is 0.462. The second-order valence-corrected chi connectivity index (χ2v) is 5.75. The molecule has 0 bridgehead atoms. The molecule has 1 aliphatic carbocycles. The minimum Gasteiger partial charge on any atom is -0.395 e. The summed E-state index contributed by atoms with van der Waals surface area (Å²) < 4.78 is 1.34. The van der Waals surface area contributed by atoms with Crippen LogP contribution in [-0.4, -0.2) is 44.7 Å². The van der Waals surface area contributed by atoms with Crippen LogP contribution in [0.1, 0.15) is 12.8 Å². The predicted octanol–water partition coefficient (Wildman–Crippen LogP) is 0.441. The van der Waals surface area contributed by atoms with Gasteiger partial charge in [0.05, 0.1) is 18.3 Å². The molecule has 1 fully saturated rings. The quantitative estimate of drug-likeness (QED) is 0.868. The molecule has 106 valence electrons. The number of carbonyl (C=O) groups is 1. The molecule has 0 aliphatic heterocycles. The van der Waals surface area contributed by atoms with Crippen molar-refractivity contribution >= 4 is 27.5 Å². The summed E-state index contributed by atoms with van der Waals surface area (Å²) in [4.78, 5) is 31.0. The Labute approximate surface area is 119 Å². The Bertz CT molecular complexity index is 689. The summed E-state index contributed by atoms with van der Waals surface area (Å²) >= 11 is 1.41. The molecule has 7 heteroatoms. The number of aliphatic hydroxyl groups excluding tert-OH is 1. The maximum absolute atomic E-state index is 12.2. The summed E-state index contributed by atoms with van der Waals surface area (Å²) in [7, 11) is 0. The van der Waals surface area contributed by atoms with Gasteiger partial charge in [-0.15, -0.1) is 11.3 Å². The van der Waals surface area contributed by atoms with E-state index in [1.54, 1.807) is 11.0 Å². The molecule has 2 aromatic rings. The van der Waals surface area contributed by atoms with Crippen LogP contribution in [0.15, 0.2) is 22.6 Å². The van der Waals surface area contributed by atoms with Gasteiger partial charge >= 0.3 is 0 Å². The van der Waals surface area contributed by atoms with Crippen molar-refractivity contribution in [3.63, 3.8) is 0 Å². The van der Waals surface area contributed by atoms with Crippen LogP contribution < -0.4 is 5.56 Å². The van der Waals surface area contributed by atoms with Crippen molar-refractivity contribution in [1.29, 1.82) is 0 Å². The van der Waals surface area contributed by atoms with Gasteiger partial charge in [-0.05, 0) is 24.3 Å². The first kappa shape index (κ1) is 13.3. The zero-order chi connectivity index (χ0) is 14.1. The van der Waals surface area contributed by atoms with E-state index >= 15 is 0 Å². The lowest BCUT2D eigenvalue weighted by atomic mass is 10.4. The Kier molecular flexibility index (Phi) is 3.54. The summed E-state index contributed by atoms with van der Waals surface area (Å²) in [5.41, 5.74) is -0.190. The second kappa shape index (κ2) is 5.34. The van der Waals surface area contributed by atoms with Crippen molar-refractivity contribution < 1.29 is 9.90 Å². The molecule has 1 amide bonds. The molecule has 0 radical (unpaired) electrons. The molecule has 0 atom stereocenters. The first-order valence-electron chi connectivity index (χ1n) is 6.53. The number of fused-ring (bicyclic) bond motifs is 1. The summed E-state index contributed by atoms with van der Waals surface area (Å²) in [6, 6.07) is 1.95. The van der Waals surface area contributed by atoms with Crippen molar-refractivity contribution in [2.24, 2.45) is 0 Å². The number of aromatic nitrogens is 2. The summed E-state index contributed by atoms with van der Waals surface area (Å²) in [6.07, 6.45) is 3.37. The van der Waals surface area contributed by atoms with Crippen molar-refractivity contribution in [2.75, 3.05) is 13.2 Å². The van der Waals surface area contributed by atoms with Gasteiger partial charge in [0.25, 0.3) is 5.56 Å². The summed E-state index contributed by atoms with van der Waals surface area (Å²) in [5, 5.41) is 11.4. The maximum atomic E-state index is 12.2. The lowest BCUT2D eigenvalue weighted by Crippen LogP contribution is -2.39. The minimum absolute atomic E-state index is 0.0197. The van der Waals surface area contributed by atoms with Gasteiger partial charge in [0.15, 0.2) is 0 Å². The Morgan fingerprint density at radius 2 is 2.35 bits per heavy atom. The lowest BCUT2D eigenvalue weighted by Gasteiger charge is -2.21. The van der Waals surface area contributed by atoms with Gasteiger partial charge in [-0.25, -0.2) is 4.98 Å². The molecular weight excluding hydrogens is 278 g/mol. The van der Waals surface area contributed by atoms with E-state index in [9.17, 15) is 9.59 Å². The van der Waals surface area contributed by atoms with Crippen LogP contribution in [0.4, 0.5) is 0 Å². The zero-order valence-corrected chi connectivity index (χ0v) is 11.7. The smallest absolute Gasteiger partial charge is 0.262 e. The molecule has 1 aliphatic rings. The van der Waals surface area contributed by atoms with Gasteiger partial charge in [0, 0.05) is 12.6 Å². The van der Waals surface area contributed by atoms with Crippen LogP contribution in [0.25, 0.3) is 10.2 Å². The highest BCUT2D eigenvalue weighted by atomic mass is 32.1. The van der Waals surface area contributed by atoms with E-state index in [1.165, 1.54) is 22.2 Å². The molecule has 0 spiro atoms. The third-order valence-corrected chi connectivity index (χ3v) is 4.23. The van der Waals surface area contributed by atoms with E-state index in [2.05, 4.69) is 4.98 Å². The molecule has 6 nitrogen and oxygen atoms in total. The van der Waals surface area contributed by atoms with E-state index in [4.69, 9.17) is 5.11 Å². The van der Waals surface area contributed by atoms with Gasteiger partial charge in [0.2, 0.25) is 5.91 Å². The Hall–Kier alpha value is -1.73. The number of carbonyl (C=O) groups excluding carboxylic acids is 1. The zero-order valence-electron chi connectivity index (χ0n) is 10.9. The predicted molar refractivity (Wildman–Crippen MR) is 75.7 cm³/mol. The molecule has 2 aromatic heterocycles. The number of hydrogen-bond donors (Lipinski definition) is 1. The first-order valence-corrected chi connectivity index (χ1v) is 7.41. The van der Waals surface area contributed by atoms with Crippen LogP contribution >= 0.6 is 11.3 Å². The number of amides is 1. The fourth-order valence-corrected chi connectivity index (χ4v) is 2.97. The molecule has 0 aromatic carbocycles. The van der Waals surface area contributed by atoms with Crippen molar-refractivity contribution in [3.05, 3.63) is 28.1 Å². The molecule has 1 saturated carbocycles. The van der Waals surface area contributed by atoms with Crippen LogP contribution in [0.5, 0.6) is 0 Å². The molecule has 3 rings (SSSR count). The highest BCUT2D eigenvalue weighted by molar-refractivity contribution is 7.16. The van der Waals surface area contributed by atoms with Gasteiger partial charge in [-0.3, -0.25) is 14.2 Å². The average molecular weight is 293 g/mol. The number of nitrogens with zero attached hydrogens (tertiary/aromatic N) is 3. The van der Waals surface area contributed by atoms with Crippen LogP contribution in [0, 0.1) is 0 Å². The monoisotopic (exact) mass is 293 g/mol. The largest absolute Gasteiger partial charge is 0.395 e. The van der Waals surface area contributed by atoms with Crippen molar-refractivity contribution in [3.8, 4) is 0 Å². The molecule has 0 unspecified atom stereocenters. The van der Waals surface area contributed by atoms with Gasteiger partial charge < -0.3 is 10.0 Å². The fourth-order valence-electron chi connectivity index (χ4n) is 2.25. The van der Waals surface area contributed by atoms with Crippen molar-refractivity contribution in [2.45, 2.75) is 25.4 Å². The molecule has 20 heavy (non-hydrogen) atoms. The molecule has 2 heterocycles. The van der Waals surface area contributed by atoms with E-state index in [0.29, 0.717) is 16.8 Å². The van der Waals surface area contributed by atoms with E-state index in [0.717, 1.165) is 12.8 Å². The third kappa shape index (κ3) is 2.46. The Morgan fingerprint density at radius 1 is 1.55 bits per heavy atom. The van der Waals surface area contributed by atoms with E-state index in [1.807, 2.05) is 5.38 Å². The number of rotatable bonds is 5. The first-order chi connectivity index (χ1) is 9.70. The van der Waals surface area contributed by atoms with Crippen LogP contribution in [0.2, 0.25) is 0 Å². The number of thiophene rings is 1. The number of aliphatic hydroxyl groups is 1. The SMILES string of the molecule is O=C(Cn1cnc2sccc2c1=O)N(CCO)C1CC1. The van der Waals surface area contributed by atoms with Crippen LogP contribution in [0.3, 0.4) is 0 Å². The topological polar surface area (TPSA) is 75.4 Å². The lowest BCUT2D eigenvalue weighted by molar-refractivity contribution is -0.133. The second-order valence-electron chi connectivity index (χ2n) is 4.86. The van der Waals surface area contributed by atoms with Crippen LogP contribution in [-0.2, 0) is 11.3 Å². The molecular formula is C13H15N3O3S. The van der Waals surface area contributed by atoms with E-state index < -0.39 is 0 Å². The average Bonchev–Trinajstić information content (AvgIpc) is 3.16. The van der Waals surface area contributed by atoms with Gasteiger partial charge in [0.1, 0.15) is 11.4 Å². The van der Waals surface area contributed by atoms with Crippen molar-refractivity contribution in [1.82, 2.24) is 14.5 Å². The molecule has 0 saturated heterocycles. The normalized spacial score (nSPS) is 14.7. The molecule has 1 N–H and O–H groups in total. The summed E-state index contributed by atoms with van der Waals surface area (Å²) in [5.74, 6) is -0.139. The minimum atomic E-state index is -0.190. The highest BCUT2D eigenvalue weighted by Crippen LogP contribution is 2.26. The maximum Gasteiger partial charge on any atom is 0.262 e. The van der Waals surface area contributed by atoms with E-state index in [-0.39, 0.29) is 30.7 Å². The third-order valence-electron chi connectivity index (χ3n) is 3.40. The number of hydrogen-bond acceptors (Lipinski definition) is 5. The standard InChI is InChI=1S/C13H15N3O3S/c17-5-4-16(9-1-2-9)11(18)7-15-8-14-12-10(13(15)19)3-6-20-12/h3,6,8-9,17H,1-2,4-5,7H2. The highest BCUT2D eigenvalue weighted by Gasteiger charge is 2.32. The Balaban J connectivity index is 1.83. The van der Waals surface area contributed by atoms with Gasteiger partial charge in [-0.2, -0.15) is 0 Å².